The Hall–Kier alpha value is -0.140. The van der Waals surface area contributed by atoms with Gasteiger partial charge in [-0.25, -0.2) is 8.42 Å². The van der Waals surface area contributed by atoms with Crippen LogP contribution in [0.3, 0.4) is 0 Å². The van der Waals surface area contributed by atoms with Crippen molar-refractivity contribution in [2.75, 3.05) is 32.7 Å². The van der Waals surface area contributed by atoms with Crippen molar-refractivity contribution < 1.29 is 8.42 Å². The lowest BCUT2D eigenvalue weighted by molar-refractivity contribution is 0.182. The van der Waals surface area contributed by atoms with E-state index in [9.17, 15) is 8.42 Å². The van der Waals surface area contributed by atoms with E-state index in [-0.39, 0.29) is 0 Å². The highest BCUT2D eigenvalue weighted by molar-refractivity contribution is 7.91. The summed E-state index contributed by atoms with van der Waals surface area (Å²) in [5, 5.41) is 1.82. The van der Waals surface area contributed by atoms with Gasteiger partial charge in [-0.15, -0.1) is 22.9 Å². The number of nitrogens with zero attached hydrogens (tertiary/aromatic N) is 2. The molecular weight excluding hydrogens is 316 g/mol. The first-order valence-electron chi connectivity index (χ1n) is 6.95. The van der Waals surface area contributed by atoms with Gasteiger partial charge in [-0.1, -0.05) is 0 Å². The fourth-order valence-electron chi connectivity index (χ4n) is 2.50. The molecule has 0 bridgehead atoms. The van der Waals surface area contributed by atoms with Gasteiger partial charge in [-0.3, -0.25) is 0 Å². The van der Waals surface area contributed by atoms with Crippen LogP contribution in [0.5, 0.6) is 0 Å². The Bertz CT molecular complexity index is 561. The standard InChI is InChI=1S/C13H19ClN2O2S2/c14-8-12-7-13(19-10-12)20(17,18)16-5-3-15(4-6-16)9-11-1-2-11/h7,10-11H,1-6,8-9H2. The molecule has 2 heterocycles. The van der Waals surface area contributed by atoms with E-state index in [1.54, 1.807) is 10.4 Å². The third-order valence-electron chi connectivity index (χ3n) is 3.92. The van der Waals surface area contributed by atoms with E-state index in [0.29, 0.717) is 23.2 Å². The molecule has 1 saturated carbocycles. The van der Waals surface area contributed by atoms with Crippen molar-refractivity contribution in [1.29, 1.82) is 0 Å². The Kier molecular flexibility index (Phi) is 4.38. The van der Waals surface area contributed by atoms with Gasteiger partial charge < -0.3 is 4.90 Å². The normalized spacial score (nSPS) is 22.2. The fourth-order valence-corrected chi connectivity index (χ4v) is 5.53. The molecule has 0 spiro atoms. The summed E-state index contributed by atoms with van der Waals surface area (Å²) >= 11 is 7.01. The van der Waals surface area contributed by atoms with Crippen LogP contribution in [0.25, 0.3) is 0 Å². The molecule has 0 aromatic carbocycles. The maximum atomic E-state index is 12.5. The van der Waals surface area contributed by atoms with Crippen molar-refractivity contribution in [3.63, 3.8) is 0 Å². The van der Waals surface area contributed by atoms with Crippen LogP contribution in [0, 0.1) is 5.92 Å². The second-order valence-electron chi connectivity index (χ2n) is 5.56. The third kappa shape index (κ3) is 3.20. The smallest absolute Gasteiger partial charge is 0.252 e. The third-order valence-corrected chi connectivity index (χ3v) is 7.59. The molecule has 0 radical (unpaired) electrons. The molecule has 0 N–H and O–H groups in total. The van der Waals surface area contributed by atoms with Crippen molar-refractivity contribution in [2.45, 2.75) is 22.9 Å². The lowest BCUT2D eigenvalue weighted by Gasteiger charge is -2.33. The van der Waals surface area contributed by atoms with Gasteiger partial charge in [0, 0.05) is 38.6 Å². The van der Waals surface area contributed by atoms with E-state index in [0.717, 1.165) is 31.1 Å². The van der Waals surface area contributed by atoms with Gasteiger partial charge in [0.1, 0.15) is 4.21 Å². The number of hydrogen-bond acceptors (Lipinski definition) is 4. The number of piperazine rings is 1. The molecule has 1 aliphatic carbocycles. The van der Waals surface area contributed by atoms with Gasteiger partial charge in [0.2, 0.25) is 0 Å². The lowest BCUT2D eigenvalue weighted by Crippen LogP contribution is -2.48. The summed E-state index contributed by atoms with van der Waals surface area (Å²) in [4.78, 5) is 2.39. The van der Waals surface area contributed by atoms with Crippen molar-refractivity contribution in [2.24, 2.45) is 5.92 Å². The first-order valence-corrected chi connectivity index (χ1v) is 9.81. The summed E-state index contributed by atoms with van der Waals surface area (Å²) in [7, 11) is -3.32. The van der Waals surface area contributed by atoms with Crippen LogP contribution in [-0.4, -0.2) is 50.3 Å². The number of hydrogen-bond donors (Lipinski definition) is 0. The van der Waals surface area contributed by atoms with Crippen molar-refractivity contribution in [3.05, 3.63) is 17.0 Å². The summed E-state index contributed by atoms with van der Waals surface area (Å²) in [6, 6.07) is 1.70. The molecule has 4 nitrogen and oxygen atoms in total. The van der Waals surface area contributed by atoms with Crippen LogP contribution >= 0.6 is 22.9 Å². The summed E-state index contributed by atoms with van der Waals surface area (Å²) in [5.41, 5.74) is 0.877. The van der Waals surface area contributed by atoms with Gasteiger partial charge in [-0.2, -0.15) is 4.31 Å². The highest BCUT2D eigenvalue weighted by Gasteiger charge is 2.31. The van der Waals surface area contributed by atoms with Crippen LogP contribution in [0.2, 0.25) is 0 Å². The second kappa shape index (κ2) is 5.93. The van der Waals surface area contributed by atoms with Gasteiger partial charge in [-0.05, 0) is 35.8 Å². The molecule has 112 valence electrons. The minimum absolute atomic E-state index is 0.362. The molecule has 3 rings (SSSR count). The number of thiophene rings is 1. The molecule has 2 fully saturated rings. The predicted molar refractivity (Wildman–Crippen MR) is 81.8 cm³/mol. The highest BCUT2D eigenvalue weighted by Crippen LogP contribution is 2.30. The SMILES string of the molecule is O=S(=O)(c1cc(CCl)cs1)N1CCN(CC2CC2)CC1. The Balaban J connectivity index is 1.63. The number of rotatable bonds is 5. The zero-order valence-electron chi connectivity index (χ0n) is 11.3. The average molecular weight is 335 g/mol. The van der Waals surface area contributed by atoms with Gasteiger partial charge >= 0.3 is 0 Å². The van der Waals surface area contributed by atoms with Crippen LogP contribution in [0.1, 0.15) is 18.4 Å². The molecular formula is C13H19ClN2O2S2. The first-order chi connectivity index (χ1) is 9.59. The second-order valence-corrected chi connectivity index (χ2v) is 8.90. The molecule has 7 heteroatoms. The van der Waals surface area contributed by atoms with E-state index in [1.165, 1.54) is 24.2 Å². The predicted octanol–water partition coefficient (Wildman–Crippen LogP) is 2.20. The summed E-state index contributed by atoms with van der Waals surface area (Å²) < 4.78 is 27.1. The Labute approximate surface area is 129 Å². The van der Waals surface area contributed by atoms with Crippen LogP contribution < -0.4 is 0 Å². The van der Waals surface area contributed by atoms with Crippen molar-refractivity contribution in [3.8, 4) is 0 Å². The van der Waals surface area contributed by atoms with E-state index < -0.39 is 10.0 Å². The number of alkyl halides is 1. The Morgan fingerprint density at radius 2 is 1.95 bits per heavy atom. The van der Waals surface area contributed by atoms with E-state index >= 15 is 0 Å². The quantitative estimate of drug-likeness (QED) is 0.775. The Morgan fingerprint density at radius 3 is 2.50 bits per heavy atom. The molecule has 1 aromatic rings. The molecule has 0 atom stereocenters. The summed E-state index contributed by atoms with van der Waals surface area (Å²) in [6.45, 7) is 4.04. The Morgan fingerprint density at radius 1 is 1.25 bits per heavy atom. The van der Waals surface area contributed by atoms with Crippen LogP contribution in [-0.2, 0) is 15.9 Å². The summed E-state index contributed by atoms with van der Waals surface area (Å²) in [5.74, 6) is 1.23. The van der Waals surface area contributed by atoms with E-state index in [2.05, 4.69) is 4.90 Å². The molecule has 0 unspecified atom stereocenters. The largest absolute Gasteiger partial charge is 0.300 e. The zero-order chi connectivity index (χ0) is 14.2. The van der Waals surface area contributed by atoms with Crippen molar-refractivity contribution in [1.82, 2.24) is 9.21 Å². The monoisotopic (exact) mass is 334 g/mol. The van der Waals surface area contributed by atoms with Gasteiger partial charge in [0.25, 0.3) is 10.0 Å². The minimum atomic E-state index is -3.32. The first kappa shape index (κ1) is 14.8. The van der Waals surface area contributed by atoms with E-state index in [1.807, 2.05) is 5.38 Å². The van der Waals surface area contributed by atoms with Gasteiger partial charge in [0.15, 0.2) is 0 Å². The maximum Gasteiger partial charge on any atom is 0.252 e. The van der Waals surface area contributed by atoms with Crippen molar-refractivity contribution >= 4 is 33.0 Å². The molecule has 20 heavy (non-hydrogen) atoms. The number of halogens is 1. The summed E-state index contributed by atoms with van der Waals surface area (Å²) in [6.07, 6.45) is 2.68. The van der Waals surface area contributed by atoms with E-state index in [4.69, 9.17) is 11.6 Å². The minimum Gasteiger partial charge on any atom is -0.300 e. The highest BCUT2D eigenvalue weighted by atomic mass is 35.5. The van der Waals surface area contributed by atoms with Crippen LogP contribution in [0.4, 0.5) is 0 Å². The molecule has 1 saturated heterocycles. The number of sulfonamides is 1. The molecule has 2 aliphatic rings. The fraction of sp³-hybridized carbons (Fsp3) is 0.692. The van der Waals surface area contributed by atoms with Crippen LogP contribution in [0.15, 0.2) is 15.7 Å². The molecule has 1 aliphatic heterocycles. The average Bonchev–Trinajstić information content (AvgIpc) is 3.12. The zero-order valence-corrected chi connectivity index (χ0v) is 13.7. The lowest BCUT2D eigenvalue weighted by atomic mass is 10.3. The van der Waals surface area contributed by atoms with Gasteiger partial charge in [0.05, 0.1) is 0 Å². The molecule has 0 amide bonds. The topological polar surface area (TPSA) is 40.6 Å². The molecule has 1 aromatic heterocycles. The maximum absolute atomic E-state index is 12.5.